The van der Waals surface area contributed by atoms with Crippen LogP contribution in [0.15, 0.2) is 24.3 Å². The van der Waals surface area contributed by atoms with Gasteiger partial charge in [-0.15, -0.1) is 12.4 Å². The lowest BCUT2D eigenvalue weighted by molar-refractivity contribution is 0.0924. The van der Waals surface area contributed by atoms with Gasteiger partial charge in [-0.25, -0.2) is 13.1 Å². The van der Waals surface area contributed by atoms with Crippen LogP contribution in [0.2, 0.25) is 0 Å². The third kappa shape index (κ3) is 5.41. The van der Waals surface area contributed by atoms with E-state index < -0.39 is 10.0 Å². The first kappa shape index (κ1) is 20.2. The predicted octanol–water partition coefficient (Wildman–Crippen LogP) is 1.56. The van der Waals surface area contributed by atoms with Crippen molar-refractivity contribution in [3.05, 3.63) is 35.4 Å². The molecule has 1 aromatic carbocycles. The lowest BCUT2D eigenvalue weighted by atomic mass is 9.99. The summed E-state index contributed by atoms with van der Waals surface area (Å²) in [6, 6.07) is 8.41. The normalized spacial score (nSPS) is 25.2. The summed E-state index contributed by atoms with van der Waals surface area (Å²) in [5.41, 5.74) is 1.45. The Morgan fingerprint density at radius 2 is 1.76 bits per heavy atom. The Morgan fingerprint density at radius 1 is 1.16 bits per heavy atom. The Kier molecular flexibility index (Phi) is 6.85. The molecule has 6 nitrogen and oxygen atoms in total. The molecule has 2 aliphatic rings. The summed E-state index contributed by atoms with van der Waals surface area (Å²) in [4.78, 5) is 12.4. The number of sulfonamides is 1. The summed E-state index contributed by atoms with van der Waals surface area (Å²) in [5, 5.41) is 6.69. The standard InChI is InChI=1S/C17H25N3O3S.ClH/c1-2-24(22,23)18-11-12-3-5-13(6-4-12)17(21)20-16-9-14-7-8-15(10-16)19-14;/h3-6,14-16,18-19H,2,7-11H2,1H3,(H,20,21);1H. The SMILES string of the molecule is CCS(=O)(=O)NCc1ccc(C(=O)NC2CC3CCC(C2)N3)cc1.Cl. The van der Waals surface area contributed by atoms with Gasteiger partial charge in [0.15, 0.2) is 0 Å². The van der Waals surface area contributed by atoms with Gasteiger partial charge in [-0.2, -0.15) is 0 Å². The summed E-state index contributed by atoms with van der Waals surface area (Å²) < 4.78 is 25.4. The highest BCUT2D eigenvalue weighted by Gasteiger charge is 2.34. The summed E-state index contributed by atoms with van der Waals surface area (Å²) in [7, 11) is -3.20. The molecule has 3 rings (SSSR count). The average molecular weight is 388 g/mol. The number of rotatable bonds is 6. The van der Waals surface area contributed by atoms with Crippen LogP contribution in [0, 0.1) is 0 Å². The predicted molar refractivity (Wildman–Crippen MR) is 100 cm³/mol. The van der Waals surface area contributed by atoms with E-state index in [9.17, 15) is 13.2 Å². The van der Waals surface area contributed by atoms with E-state index in [1.54, 1.807) is 31.2 Å². The molecule has 0 aromatic heterocycles. The number of fused-ring (bicyclic) bond motifs is 2. The number of amides is 1. The zero-order chi connectivity index (χ0) is 17.2. The monoisotopic (exact) mass is 387 g/mol. The van der Waals surface area contributed by atoms with Crippen LogP contribution in [0.25, 0.3) is 0 Å². The molecule has 2 bridgehead atoms. The van der Waals surface area contributed by atoms with Crippen LogP contribution in [-0.2, 0) is 16.6 Å². The summed E-state index contributed by atoms with van der Waals surface area (Å²) >= 11 is 0. The Bertz CT molecular complexity index is 682. The summed E-state index contributed by atoms with van der Waals surface area (Å²) in [6.45, 7) is 1.85. The van der Waals surface area contributed by atoms with E-state index in [2.05, 4.69) is 15.4 Å². The Hall–Kier alpha value is -1.15. The van der Waals surface area contributed by atoms with Gasteiger partial charge >= 0.3 is 0 Å². The molecule has 0 saturated carbocycles. The van der Waals surface area contributed by atoms with E-state index in [-0.39, 0.29) is 36.7 Å². The van der Waals surface area contributed by atoms with Gasteiger partial charge in [0.2, 0.25) is 10.0 Å². The van der Waals surface area contributed by atoms with Gasteiger partial charge in [0.25, 0.3) is 5.91 Å². The minimum Gasteiger partial charge on any atom is -0.349 e. The lowest BCUT2D eigenvalue weighted by Crippen LogP contribution is -2.48. The molecule has 0 spiro atoms. The van der Waals surface area contributed by atoms with Gasteiger partial charge in [-0.3, -0.25) is 4.79 Å². The molecule has 1 aromatic rings. The van der Waals surface area contributed by atoms with Crippen molar-refractivity contribution in [2.24, 2.45) is 0 Å². The first-order chi connectivity index (χ1) is 11.4. The third-order valence-electron chi connectivity index (χ3n) is 4.90. The zero-order valence-corrected chi connectivity index (χ0v) is 16.0. The highest BCUT2D eigenvalue weighted by atomic mass is 35.5. The van der Waals surface area contributed by atoms with Crippen LogP contribution >= 0.6 is 12.4 Å². The smallest absolute Gasteiger partial charge is 0.251 e. The largest absolute Gasteiger partial charge is 0.349 e. The van der Waals surface area contributed by atoms with Gasteiger partial charge in [0.05, 0.1) is 5.75 Å². The van der Waals surface area contributed by atoms with Crippen LogP contribution in [0.1, 0.15) is 48.5 Å². The molecule has 8 heteroatoms. The summed E-state index contributed by atoms with van der Waals surface area (Å²) in [5.74, 6) is 0.00752. The number of carbonyl (C=O) groups excluding carboxylic acids is 1. The molecule has 140 valence electrons. The molecule has 2 aliphatic heterocycles. The minimum atomic E-state index is -3.20. The first-order valence-corrected chi connectivity index (χ1v) is 10.2. The molecule has 2 heterocycles. The van der Waals surface area contributed by atoms with Crippen molar-refractivity contribution in [2.45, 2.75) is 57.3 Å². The second-order valence-corrected chi connectivity index (χ2v) is 8.80. The molecule has 0 aliphatic carbocycles. The van der Waals surface area contributed by atoms with Crippen LogP contribution < -0.4 is 15.4 Å². The van der Waals surface area contributed by atoms with Crippen LogP contribution in [0.4, 0.5) is 0 Å². The Balaban J connectivity index is 0.00000225. The van der Waals surface area contributed by atoms with E-state index in [4.69, 9.17) is 0 Å². The minimum absolute atomic E-state index is 0. The van der Waals surface area contributed by atoms with Gasteiger partial charge < -0.3 is 10.6 Å². The maximum Gasteiger partial charge on any atom is 0.251 e. The summed E-state index contributed by atoms with van der Waals surface area (Å²) in [6.07, 6.45) is 4.41. The first-order valence-electron chi connectivity index (χ1n) is 8.58. The van der Waals surface area contributed by atoms with Crippen molar-refractivity contribution in [1.29, 1.82) is 0 Å². The molecular weight excluding hydrogens is 362 g/mol. The van der Waals surface area contributed by atoms with Crippen molar-refractivity contribution in [3.63, 3.8) is 0 Å². The van der Waals surface area contributed by atoms with Crippen molar-refractivity contribution < 1.29 is 13.2 Å². The number of hydrogen-bond acceptors (Lipinski definition) is 4. The molecule has 3 N–H and O–H groups in total. The van der Waals surface area contributed by atoms with Gasteiger partial charge in [-0.05, 0) is 50.3 Å². The van der Waals surface area contributed by atoms with E-state index >= 15 is 0 Å². The van der Waals surface area contributed by atoms with Crippen molar-refractivity contribution in [2.75, 3.05) is 5.75 Å². The second kappa shape index (κ2) is 8.49. The molecule has 1 amide bonds. The molecular formula is C17H26ClN3O3S. The maximum absolute atomic E-state index is 12.4. The van der Waals surface area contributed by atoms with Gasteiger partial charge in [-0.1, -0.05) is 12.1 Å². The zero-order valence-electron chi connectivity index (χ0n) is 14.3. The van der Waals surface area contributed by atoms with Crippen molar-refractivity contribution >= 4 is 28.3 Å². The highest BCUT2D eigenvalue weighted by molar-refractivity contribution is 7.89. The van der Waals surface area contributed by atoms with Crippen molar-refractivity contribution in [3.8, 4) is 0 Å². The van der Waals surface area contributed by atoms with E-state index in [0.717, 1.165) is 18.4 Å². The fourth-order valence-corrected chi connectivity index (χ4v) is 4.10. The molecule has 0 radical (unpaired) electrons. The quantitative estimate of drug-likeness (QED) is 0.691. The van der Waals surface area contributed by atoms with E-state index in [1.807, 2.05) is 0 Å². The number of hydrogen-bond donors (Lipinski definition) is 3. The molecule has 2 fully saturated rings. The number of benzene rings is 1. The molecule has 2 saturated heterocycles. The maximum atomic E-state index is 12.4. The number of nitrogens with one attached hydrogen (secondary N) is 3. The molecule has 2 unspecified atom stereocenters. The Labute approximate surface area is 155 Å². The Morgan fingerprint density at radius 3 is 2.32 bits per heavy atom. The van der Waals surface area contributed by atoms with Gasteiger partial charge in [0, 0.05) is 30.2 Å². The number of halogens is 1. The highest BCUT2D eigenvalue weighted by Crippen LogP contribution is 2.26. The van der Waals surface area contributed by atoms with Crippen LogP contribution in [0.3, 0.4) is 0 Å². The fourth-order valence-electron chi connectivity index (χ4n) is 3.51. The fraction of sp³-hybridized carbons (Fsp3) is 0.588. The number of piperidine rings is 1. The van der Waals surface area contributed by atoms with E-state index in [0.29, 0.717) is 17.6 Å². The van der Waals surface area contributed by atoms with Crippen LogP contribution in [0.5, 0.6) is 0 Å². The van der Waals surface area contributed by atoms with E-state index in [1.165, 1.54) is 12.8 Å². The van der Waals surface area contributed by atoms with Crippen molar-refractivity contribution in [1.82, 2.24) is 15.4 Å². The molecule has 2 atom stereocenters. The second-order valence-electron chi connectivity index (χ2n) is 6.70. The number of carbonyl (C=O) groups is 1. The average Bonchev–Trinajstić information content (AvgIpc) is 2.92. The molecule has 25 heavy (non-hydrogen) atoms. The lowest BCUT2D eigenvalue weighted by Gasteiger charge is -2.29. The van der Waals surface area contributed by atoms with Gasteiger partial charge in [0.1, 0.15) is 0 Å². The third-order valence-corrected chi connectivity index (χ3v) is 6.24. The topological polar surface area (TPSA) is 87.3 Å². The van der Waals surface area contributed by atoms with Crippen LogP contribution in [-0.4, -0.2) is 38.2 Å².